The van der Waals surface area contributed by atoms with Crippen LogP contribution in [-0.2, 0) is 17.9 Å². The van der Waals surface area contributed by atoms with Crippen LogP contribution in [0.15, 0.2) is 67.0 Å². The van der Waals surface area contributed by atoms with E-state index in [1.54, 1.807) is 18.5 Å². The van der Waals surface area contributed by atoms with Crippen molar-refractivity contribution in [2.75, 3.05) is 23.8 Å². The first-order valence-corrected chi connectivity index (χ1v) is 9.89. The summed E-state index contributed by atoms with van der Waals surface area (Å²) in [5.74, 6) is -0.172. The Balaban J connectivity index is 1.66. The summed E-state index contributed by atoms with van der Waals surface area (Å²) in [5, 5.41) is 2.87. The van der Waals surface area contributed by atoms with Crippen LogP contribution >= 0.6 is 0 Å². The van der Waals surface area contributed by atoms with Crippen LogP contribution in [0, 0.1) is 6.92 Å². The summed E-state index contributed by atoms with van der Waals surface area (Å²) in [7, 11) is 1.87. The molecule has 1 N–H and O–H groups in total. The molecule has 6 nitrogen and oxygen atoms in total. The molecule has 4 rings (SSSR count). The second-order valence-electron chi connectivity index (χ2n) is 7.59. The van der Waals surface area contributed by atoms with E-state index in [4.69, 9.17) is 0 Å². The minimum atomic E-state index is -0.0904. The van der Waals surface area contributed by atoms with Crippen LogP contribution in [0.1, 0.15) is 27.0 Å². The van der Waals surface area contributed by atoms with E-state index < -0.39 is 0 Å². The second kappa shape index (κ2) is 8.37. The standard InChI is InChI=1S/C24H24N4O2/c1-17-6-3-4-8-20(17)15-28(14-18-7-5-11-25-13-18)24(30)19-9-10-22-21(12-19)26-23(29)16-27(22)2/h3-13H,14-16H2,1-2H3,(H,26,29). The molecule has 0 saturated carbocycles. The first-order valence-electron chi connectivity index (χ1n) is 9.89. The molecular weight excluding hydrogens is 376 g/mol. The Hall–Kier alpha value is -3.67. The van der Waals surface area contributed by atoms with Crippen molar-refractivity contribution in [3.8, 4) is 0 Å². The van der Waals surface area contributed by atoms with Crippen molar-refractivity contribution < 1.29 is 9.59 Å². The highest BCUT2D eigenvalue weighted by molar-refractivity contribution is 6.03. The highest BCUT2D eigenvalue weighted by Crippen LogP contribution is 2.30. The normalized spacial score (nSPS) is 12.9. The number of aryl methyl sites for hydroxylation is 1. The number of aromatic nitrogens is 1. The molecule has 6 heteroatoms. The largest absolute Gasteiger partial charge is 0.364 e. The van der Waals surface area contributed by atoms with Crippen molar-refractivity contribution >= 4 is 23.2 Å². The molecule has 2 aromatic carbocycles. The molecular formula is C24H24N4O2. The van der Waals surface area contributed by atoms with Gasteiger partial charge in [-0.3, -0.25) is 14.6 Å². The molecule has 0 fully saturated rings. The van der Waals surface area contributed by atoms with Gasteiger partial charge < -0.3 is 15.1 Å². The van der Waals surface area contributed by atoms with Crippen LogP contribution in [0.25, 0.3) is 0 Å². The van der Waals surface area contributed by atoms with Gasteiger partial charge in [-0.2, -0.15) is 0 Å². The van der Waals surface area contributed by atoms with E-state index in [1.165, 1.54) is 0 Å². The number of carbonyl (C=O) groups excluding carboxylic acids is 2. The van der Waals surface area contributed by atoms with Crippen molar-refractivity contribution in [2.45, 2.75) is 20.0 Å². The lowest BCUT2D eigenvalue weighted by molar-refractivity contribution is -0.115. The zero-order chi connectivity index (χ0) is 21.1. The van der Waals surface area contributed by atoms with Crippen LogP contribution in [0.4, 0.5) is 11.4 Å². The van der Waals surface area contributed by atoms with E-state index in [0.717, 1.165) is 22.4 Å². The molecule has 0 bridgehead atoms. The molecule has 3 aromatic rings. The number of likely N-dealkylation sites (N-methyl/N-ethyl adjacent to an activating group) is 1. The van der Waals surface area contributed by atoms with E-state index in [1.807, 2.05) is 72.3 Å². The van der Waals surface area contributed by atoms with Gasteiger partial charge in [0.2, 0.25) is 5.91 Å². The molecule has 0 saturated heterocycles. The van der Waals surface area contributed by atoms with Crippen molar-refractivity contribution in [3.63, 3.8) is 0 Å². The van der Waals surface area contributed by atoms with Crippen LogP contribution in [0.2, 0.25) is 0 Å². The number of carbonyl (C=O) groups is 2. The van der Waals surface area contributed by atoms with Gasteiger partial charge in [-0.15, -0.1) is 0 Å². The summed E-state index contributed by atoms with van der Waals surface area (Å²) in [6.45, 7) is 3.29. The Morgan fingerprint density at radius 1 is 1.13 bits per heavy atom. The van der Waals surface area contributed by atoms with Crippen LogP contribution in [0.3, 0.4) is 0 Å². The fourth-order valence-electron chi connectivity index (χ4n) is 3.68. The van der Waals surface area contributed by atoms with E-state index in [0.29, 0.717) is 30.9 Å². The van der Waals surface area contributed by atoms with Crippen LogP contribution in [0.5, 0.6) is 0 Å². The number of hydrogen-bond acceptors (Lipinski definition) is 4. The van der Waals surface area contributed by atoms with Gasteiger partial charge in [-0.1, -0.05) is 30.3 Å². The van der Waals surface area contributed by atoms with Gasteiger partial charge in [-0.05, 0) is 47.9 Å². The highest BCUT2D eigenvalue weighted by atomic mass is 16.2. The van der Waals surface area contributed by atoms with E-state index in [-0.39, 0.29) is 11.8 Å². The molecule has 0 aliphatic carbocycles. The van der Waals surface area contributed by atoms with Gasteiger partial charge in [0.15, 0.2) is 0 Å². The van der Waals surface area contributed by atoms with Gasteiger partial charge in [0.05, 0.1) is 17.9 Å². The first-order chi connectivity index (χ1) is 14.5. The van der Waals surface area contributed by atoms with Gasteiger partial charge in [0.1, 0.15) is 0 Å². The average Bonchev–Trinajstić information content (AvgIpc) is 2.74. The highest BCUT2D eigenvalue weighted by Gasteiger charge is 2.23. The summed E-state index contributed by atoms with van der Waals surface area (Å²) in [5.41, 5.74) is 5.31. The Labute approximate surface area is 176 Å². The van der Waals surface area contributed by atoms with Crippen LogP contribution < -0.4 is 10.2 Å². The average molecular weight is 400 g/mol. The smallest absolute Gasteiger partial charge is 0.254 e. The number of nitrogens with zero attached hydrogens (tertiary/aromatic N) is 3. The molecule has 0 radical (unpaired) electrons. The number of hydrogen-bond donors (Lipinski definition) is 1. The summed E-state index contributed by atoms with van der Waals surface area (Å²) in [4.78, 5) is 33.3. The predicted octanol–water partition coefficient (Wildman–Crippen LogP) is 3.62. The third-order valence-electron chi connectivity index (χ3n) is 5.32. The first kappa shape index (κ1) is 19.6. The quantitative estimate of drug-likeness (QED) is 0.710. The Morgan fingerprint density at radius 2 is 1.97 bits per heavy atom. The number of rotatable bonds is 5. The number of amides is 2. The van der Waals surface area contributed by atoms with Gasteiger partial charge in [-0.25, -0.2) is 0 Å². The van der Waals surface area contributed by atoms with E-state index in [2.05, 4.69) is 10.3 Å². The van der Waals surface area contributed by atoms with Gasteiger partial charge in [0.25, 0.3) is 5.91 Å². The summed E-state index contributed by atoms with van der Waals surface area (Å²) in [6.07, 6.45) is 3.50. The van der Waals surface area contributed by atoms with Crippen molar-refractivity contribution in [3.05, 3.63) is 89.2 Å². The third kappa shape index (κ3) is 4.17. The number of pyridine rings is 1. The molecule has 1 aliphatic rings. The summed E-state index contributed by atoms with van der Waals surface area (Å²) < 4.78 is 0. The number of fused-ring (bicyclic) bond motifs is 1. The second-order valence-corrected chi connectivity index (χ2v) is 7.59. The van der Waals surface area contributed by atoms with Crippen molar-refractivity contribution in [1.29, 1.82) is 0 Å². The maximum atomic E-state index is 13.5. The summed E-state index contributed by atoms with van der Waals surface area (Å²) >= 11 is 0. The molecule has 0 unspecified atom stereocenters. The van der Waals surface area contributed by atoms with E-state index in [9.17, 15) is 9.59 Å². The zero-order valence-corrected chi connectivity index (χ0v) is 17.1. The minimum Gasteiger partial charge on any atom is -0.364 e. The molecule has 1 aliphatic heterocycles. The third-order valence-corrected chi connectivity index (χ3v) is 5.32. The molecule has 1 aromatic heterocycles. The molecule has 2 amide bonds. The lowest BCUT2D eigenvalue weighted by Gasteiger charge is -2.28. The molecule has 30 heavy (non-hydrogen) atoms. The summed E-state index contributed by atoms with van der Waals surface area (Å²) in [6, 6.07) is 17.4. The molecule has 0 spiro atoms. The van der Waals surface area contributed by atoms with E-state index >= 15 is 0 Å². The topological polar surface area (TPSA) is 65.5 Å². The zero-order valence-electron chi connectivity index (χ0n) is 17.1. The number of benzene rings is 2. The SMILES string of the molecule is Cc1ccccc1CN(Cc1cccnc1)C(=O)c1ccc2c(c1)NC(=O)CN2C. The lowest BCUT2D eigenvalue weighted by atomic mass is 10.1. The monoisotopic (exact) mass is 400 g/mol. The lowest BCUT2D eigenvalue weighted by Crippen LogP contribution is -2.36. The van der Waals surface area contributed by atoms with Crippen molar-refractivity contribution in [2.24, 2.45) is 0 Å². The minimum absolute atomic E-state index is 0.0817. The maximum absolute atomic E-state index is 13.5. The molecule has 2 heterocycles. The van der Waals surface area contributed by atoms with Gasteiger partial charge in [0, 0.05) is 38.1 Å². The van der Waals surface area contributed by atoms with Gasteiger partial charge >= 0.3 is 0 Å². The van der Waals surface area contributed by atoms with Crippen molar-refractivity contribution in [1.82, 2.24) is 9.88 Å². The fraction of sp³-hybridized carbons (Fsp3) is 0.208. The Kier molecular flexibility index (Phi) is 5.48. The molecule has 0 atom stereocenters. The number of anilines is 2. The maximum Gasteiger partial charge on any atom is 0.254 e. The Morgan fingerprint density at radius 3 is 2.73 bits per heavy atom. The Bertz CT molecular complexity index is 1080. The fourth-order valence-corrected chi connectivity index (χ4v) is 3.68. The number of nitrogens with one attached hydrogen (secondary N) is 1. The van der Waals surface area contributed by atoms with Crippen LogP contribution in [-0.4, -0.2) is 35.3 Å². The predicted molar refractivity (Wildman–Crippen MR) is 117 cm³/mol. The molecule has 152 valence electrons.